The number of hydrogen-bond acceptors (Lipinski definition) is 2. The summed E-state index contributed by atoms with van der Waals surface area (Å²) in [6.45, 7) is 8.34. The normalized spacial score (nSPS) is 12.0. The smallest absolute Gasteiger partial charge is 0 e. The number of pyridine rings is 2. The van der Waals surface area contributed by atoms with Crippen LogP contribution in [0, 0.1) is 12.1 Å². The first-order chi connectivity index (χ1) is 22.4. The Bertz CT molecular complexity index is 2160. The molecule has 2 aromatic heterocycles. The molecule has 0 aliphatic rings. The molecular weight excluding hydrogens is 809 g/mol. The van der Waals surface area contributed by atoms with Gasteiger partial charge in [0.25, 0.3) is 0 Å². The van der Waals surface area contributed by atoms with Gasteiger partial charge in [-0.2, -0.15) is 0 Å². The van der Waals surface area contributed by atoms with Gasteiger partial charge < -0.3 is 4.98 Å². The Labute approximate surface area is 297 Å². The van der Waals surface area contributed by atoms with Crippen molar-refractivity contribution >= 4 is 50.0 Å². The third-order valence-electron chi connectivity index (χ3n) is 8.64. The summed E-state index contributed by atoms with van der Waals surface area (Å²) in [6, 6.07) is 42.6. The van der Waals surface area contributed by atoms with Gasteiger partial charge in [-0.3, -0.25) is 0 Å². The van der Waals surface area contributed by atoms with Crippen LogP contribution in [0.25, 0.3) is 54.8 Å². The van der Waals surface area contributed by atoms with E-state index >= 15 is 0 Å². The van der Waals surface area contributed by atoms with E-state index in [0.717, 1.165) is 28.1 Å². The van der Waals surface area contributed by atoms with Crippen LogP contribution in [-0.2, 0) is 20.1 Å². The van der Waals surface area contributed by atoms with Gasteiger partial charge in [0.05, 0.1) is 0 Å². The van der Waals surface area contributed by atoms with Gasteiger partial charge in [-0.05, 0) is 33.8 Å². The zero-order chi connectivity index (χ0) is 33.3. The molecule has 5 aromatic carbocycles. The van der Waals surface area contributed by atoms with Crippen LogP contribution < -0.4 is 4.40 Å². The standard InChI is InChI=1S/C26H20N.C17H22GeN.Ir/c1-17(2)18-13-14-27-26(16-18)19-11-12-24-22-9-4-3-7-20(22)21-8-5-6-10-23(21)25(24)15-19;1-13(2)15-11-17(14-9-7-6-8-10-14)19-12-16(15)18(3,4)5;/h3-10,12-17H,1-2H3;6-9,11-13H,1-5H3;/q2*-1;/i;13D;. The van der Waals surface area contributed by atoms with Gasteiger partial charge in [0, 0.05) is 26.3 Å². The summed E-state index contributed by atoms with van der Waals surface area (Å²) in [5, 5.41) is 7.64. The Morgan fingerprint density at radius 1 is 0.638 bits per heavy atom. The summed E-state index contributed by atoms with van der Waals surface area (Å²) < 4.78 is 9.77. The third-order valence-corrected chi connectivity index (χ3v) is 12.9. The van der Waals surface area contributed by atoms with Gasteiger partial charge in [0.1, 0.15) is 0 Å². The second-order valence-electron chi connectivity index (χ2n) is 13.5. The second kappa shape index (κ2) is 14.6. The molecule has 47 heavy (non-hydrogen) atoms. The SMILES string of the molecule is CC(C)c1ccnc(-c2[c-]cc3c4ccccc4c4ccccc4c3c2)c1.[2H]C(C)(C)c1cc(-c2[c-]cccc2)nc[c]1[Ge]([CH3])([CH3])[CH3].[Ir]. The van der Waals surface area contributed by atoms with E-state index in [0.29, 0.717) is 5.92 Å². The zero-order valence-corrected chi connectivity index (χ0v) is 32.8. The summed E-state index contributed by atoms with van der Waals surface area (Å²) in [5.41, 5.74) is 6.36. The molecule has 0 saturated carbocycles. The number of rotatable bonds is 5. The minimum atomic E-state index is -2.03. The van der Waals surface area contributed by atoms with Crippen molar-refractivity contribution in [2.45, 2.75) is 56.8 Å². The van der Waals surface area contributed by atoms with Gasteiger partial charge in [0.2, 0.25) is 0 Å². The summed E-state index contributed by atoms with van der Waals surface area (Å²) in [7, 11) is 0. The Morgan fingerprint density at radius 3 is 1.81 bits per heavy atom. The van der Waals surface area contributed by atoms with E-state index in [2.05, 4.69) is 132 Å². The number of fused-ring (bicyclic) bond motifs is 6. The number of benzene rings is 5. The van der Waals surface area contributed by atoms with Crippen LogP contribution in [0.4, 0.5) is 0 Å². The van der Waals surface area contributed by atoms with Crippen molar-refractivity contribution in [3.05, 3.63) is 139 Å². The molecular formula is C43H42GeIrN2-2. The first-order valence-electron chi connectivity index (χ1n) is 16.6. The molecule has 239 valence electrons. The first kappa shape index (κ1) is 33.3. The van der Waals surface area contributed by atoms with E-state index < -0.39 is 19.2 Å². The van der Waals surface area contributed by atoms with Crippen molar-refractivity contribution in [1.82, 2.24) is 9.97 Å². The zero-order valence-electron chi connectivity index (χ0n) is 29.3. The Kier molecular flexibility index (Phi) is 10.4. The van der Waals surface area contributed by atoms with Crippen molar-refractivity contribution in [3.63, 3.8) is 0 Å². The van der Waals surface area contributed by atoms with Crippen LogP contribution in [-0.4, -0.2) is 23.2 Å². The molecule has 0 atom stereocenters. The molecule has 0 aliphatic carbocycles. The predicted molar refractivity (Wildman–Crippen MR) is 201 cm³/mol. The van der Waals surface area contributed by atoms with Crippen LogP contribution in [0.2, 0.25) is 17.3 Å². The molecule has 7 rings (SSSR count). The second-order valence-corrected chi connectivity index (χ2v) is 24.1. The topological polar surface area (TPSA) is 25.8 Å². The van der Waals surface area contributed by atoms with Crippen LogP contribution in [0.15, 0.2) is 116 Å². The van der Waals surface area contributed by atoms with Crippen molar-refractivity contribution in [1.29, 1.82) is 0 Å². The van der Waals surface area contributed by atoms with Crippen molar-refractivity contribution in [3.8, 4) is 22.5 Å². The average molecular weight is 853 g/mol. The minimum absolute atomic E-state index is 0. The fourth-order valence-electron chi connectivity index (χ4n) is 6.11. The minimum Gasteiger partial charge on any atom is 0 e. The average Bonchev–Trinajstić information content (AvgIpc) is 3.08. The predicted octanol–water partition coefficient (Wildman–Crippen LogP) is 11.3. The summed E-state index contributed by atoms with van der Waals surface area (Å²) in [5.74, 6) is 6.93. The maximum absolute atomic E-state index is 8.44. The maximum atomic E-state index is 8.44. The van der Waals surface area contributed by atoms with E-state index in [1.807, 2.05) is 50.5 Å². The maximum Gasteiger partial charge on any atom is 0 e. The molecule has 0 N–H and O–H groups in total. The molecule has 0 aliphatic heterocycles. The summed E-state index contributed by atoms with van der Waals surface area (Å²) >= 11 is -2.03. The molecule has 4 heteroatoms. The fraction of sp³-hybridized carbons (Fsp3) is 0.209. The molecule has 2 nitrogen and oxygen atoms in total. The van der Waals surface area contributed by atoms with E-state index in [-0.39, 0.29) is 20.1 Å². The molecule has 2 heterocycles. The molecule has 0 amide bonds. The summed E-state index contributed by atoms with van der Waals surface area (Å²) in [6.07, 6.45) is 3.91. The van der Waals surface area contributed by atoms with E-state index in [1.165, 1.54) is 42.3 Å². The van der Waals surface area contributed by atoms with Gasteiger partial charge in [-0.1, -0.05) is 90.2 Å². The fourth-order valence-corrected chi connectivity index (χ4v) is 9.43. The van der Waals surface area contributed by atoms with Crippen LogP contribution >= 0.6 is 0 Å². The monoisotopic (exact) mass is 854 g/mol. The molecule has 7 aromatic rings. The number of hydrogen-bond donors (Lipinski definition) is 0. The largest absolute Gasteiger partial charge is 0 e. The van der Waals surface area contributed by atoms with Crippen molar-refractivity contribution in [2.75, 3.05) is 0 Å². The molecule has 1 radical (unpaired) electrons. The number of aromatic nitrogens is 2. The first-order valence-corrected chi connectivity index (χ1v) is 23.5. The quantitative estimate of drug-likeness (QED) is 0.0979. The molecule has 0 saturated heterocycles. The molecule has 0 unspecified atom stereocenters. The molecule has 0 bridgehead atoms. The van der Waals surface area contributed by atoms with Gasteiger partial charge in [-0.15, -0.1) is 23.8 Å². The Morgan fingerprint density at radius 2 is 1.23 bits per heavy atom. The summed E-state index contributed by atoms with van der Waals surface area (Å²) in [4.78, 5) is 9.23. The Hall–Kier alpha value is -3.63. The van der Waals surface area contributed by atoms with Crippen LogP contribution in [0.5, 0.6) is 0 Å². The van der Waals surface area contributed by atoms with Gasteiger partial charge >= 0.3 is 120 Å². The Balaban J connectivity index is 0.000000193. The molecule has 0 fully saturated rings. The van der Waals surface area contributed by atoms with Gasteiger partial charge in [0.15, 0.2) is 0 Å². The van der Waals surface area contributed by atoms with Gasteiger partial charge in [-0.25, -0.2) is 0 Å². The van der Waals surface area contributed by atoms with E-state index in [4.69, 9.17) is 1.37 Å². The van der Waals surface area contributed by atoms with Crippen molar-refractivity contribution < 1.29 is 21.5 Å². The van der Waals surface area contributed by atoms with Crippen LogP contribution in [0.3, 0.4) is 0 Å². The molecule has 0 spiro atoms. The van der Waals surface area contributed by atoms with E-state index in [9.17, 15) is 0 Å². The van der Waals surface area contributed by atoms with Crippen LogP contribution in [0.1, 0.15) is 52.0 Å². The third kappa shape index (κ3) is 7.44. The van der Waals surface area contributed by atoms with Crippen molar-refractivity contribution in [2.24, 2.45) is 0 Å². The number of nitrogens with zero attached hydrogens (tertiary/aromatic N) is 2. The van der Waals surface area contributed by atoms with E-state index in [1.54, 1.807) is 0 Å².